The van der Waals surface area contributed by atoms with Gasteiger partial charge in [-0.2, -0.15) is 0 Å². The summed E-state index contributed by atoms with van der Waals surface area (Å²) in [5, 5.41) is 15.8. The Labute approximate surface area is 195 Å². The molecule has 0 spiro atoms. The first-order valence-electron chi connectivity index (χ1n) is 10.2. The van der Waals surface area contributed by atoms with Gasteiger partial charge in [0, 0.05) is 11.6 Å². The Hall–Kier alpha value is -3.40. The second-order valence-corrected chi connectivity index (χ2v) is 7.47. The van der Waals surface area contributed by atoms with Crippen molar-refractivity contribution in [2.45, 2.75) is 19.6 Å². The largest absolute Gasteiger partial charge is 0.479 e. The van der Waals surface area contributed by atoms with Crippen molar-refractivity contribution >= 4 is 23.5 Å². The van der Waals surface area contributed by atoms with E-state index in [4.69, 9.17) is 25.6 Å². The number of carbonyl (C=O) groups excluding carboxylic acids is 2. The van der Waals surface area contributed by atoms with Crippen LogP contribution in [0.3, 0.4) is 0 Å². The van der Waals surface area contributed by atoms with Gasteiger partial charge in [0.05, 0.1) is 26.3 Å². The van der Waals surface area contributed by atoms with E-state index < -0.39 is 18.0 Å². The van der Waals surface area contributed by atoms with E-state index in [1.165, 1.54) is 18.2 Å². The number of carbonyl (C=O) groups is 2. The Morgan fingerprint density at radius 3 is 2.58 bits per heavy atom. The first kappa shape index (κ1) is 24.2. The lowest BCUT2D eigenvalue weighted by atomic mass is 10.0. The molecule has 1 aromatic heterocycles. The highest BCUT2D eigenvalue weighted by Gasteiger charge is 2.23. The molecule has 174 valence electrons. The lowest BCUT2D eigenvalue weighted by Crippen LogP contribution is -2.47. The van der Waals surface area contributed by atoms with Crippen molar-refractivity contribution in [3.63, 3.8) is 0 Å². The minimum Gasteiger partial charge on any atom is -0.479 e. The zero-order valence-corrected chi connectivity index (χ0v) is 18.9. The van der Waals surface area contributed by atoms with Crippen LogP contribution in [0.15, 0.2) is 59.1 Å². The fourth-order valence-electron chi connectivity index (χ4n) is 3.02. The van der Waals surface area contributed by atoms with Crippen LogP contribution in [0, 0.1) is 0 Å². The van der Waals surface area contributed by atoms with Gasteiger partial charge in [0.2, 0.25) is 5.76 Å². The number of aromatic nitrogens is 1. The van der Waals surface area contributed by atoms with Crippen molar-refractivity contribution in [3.05, 3.63) is 70.9 Å². The Morgan fingerprint density at radius 1 is 1.18 bits per heavy atom. The van der Waals surface area contributed by atoms with E-state index in [2.05, 4.69) is 10.6 Å². The molecule has 1 heterocycles. The summed E-state index contributed by atoms with van der Waals surface area (Å²) in [4.78, 5) is 24.5. The van der Waals surface area contributed by atoms with E-state index in [0.717, 1.165) is 16.7 Å². The summed E-state index contributed by atoms with van der Waals surface area (Å²) >= 11 is 6.07. The number of aliphatic hydroxyl groups excluding tert-OH is 1. The monoisotopic (exact) mass is 473 g/mol. The third-order valence-electron chi connectivity index (χ3n) is 4.62. The van der Waals surface area contributed by atoms with Gasteiger partial charge >= 0.3 is 11.9 Å². The van der Waals surface area contributed by atoms with Crippen molar-refractivity contribution in [3.8, 4) is 17.0 Å². The fourth-order valence-corrected chi connectivity index (χ4v) is 3.21. The number of rotatable bonds is 10. The standard InChI is InChI=1S/C23H24ClN3O6/c1-3-32-23(30)19(28)14-27(25-22(29)20-12-21(31-2)26-33-20)13-15-7-9-16(10-8-15)17-5-4-6-18(24)11-17/h4-12,19,28H,3,13-14H2,1-2H3,(H,25,29). The number of methoxy groups -OCH3 is 1. The van der Waals surface area contributed by atoms with Crippen LogP contribution in [-0.4, -0.2) is 53.5 Å². The molecule has 33 heavy (non-hydrogen) atoms. The fraction of sp³-hybridized carbons (Fsp3) is 0.261. The summed E-state index contributed by atoms with van der Waals surface area (Å²) in [6.45, 7) is 1.77. The number of ether oxygens (including phenoxy) is 2. The lowest BCUT2D eigenvalue weighted by molar-refractivity contribution is -0.154. The number of hydrazine groups is 1. The normalized spacial score (nSPS) is 11.8. The molecule has 0 aliphatic heterocycles. The third-order valence-corrected chi connectivity index (χ3v) is 4.85. The highest BCUT2D eigenvalue weighted by molar-refractivity contribution is 6.30. The van der Waals surface area contributed by atoms with E-state index in [-0.39, 0.29) is 31.3 Å². The molecule has 0 fully saturated rings. The second-order valence-electron chi connectivity index (χ2n) is 7.03. The number of esters is 1. The highest BCUT2D eigenvalue weighted by Crippen LogP contribution is 2.23. The summed E-state index contributed by atoms with van der Waals surface area (Å²) < 4.78 is 14.7. The summed E-state index contributed by atoms with van der Waals surface area (Å²) in [5.74, 6) is -1.33. The molecule has 1 amide bonds. The van der Waals surface area contributed by atoms with Crippen LogP contribution in [0.5, 0.6) is 5.88 Å². The molecule has 0 radical (unpaired) electrons. The molecule has 9 nitrogen and oxygen atoms in total. The van der Waals surface area contributed by atoms with E-state index in [0.29, 0.717) is 5.02 Å². The molecule has 0 saturated carbocycles. The number of nitrogens with zero attached hydrogens (tertiary/aromatic N) is 2. The molecule has 0 bridgehead atoms. The van der Waals surface area contributed by atoms with Gasteiger partial charge in [-0.25, -0.2) is 9.80 Å². The predicted molar refractivity (Wildman–Crippen MR) is 120 cm³/mol. The van der Waals surface area contributed by atoms with Crippen LogP contribution in [-0.2, 0) is 16.1 Å². The predicted octanol–water partition coefficient (Wildman–Crippen LogP) is 3.07. The number of hydrogen-bond donors (Lipinski definition) is 2. The smallest absolute Gasteiger partial charge is 0.336 e. The molecular weight excluding hydrogens is 450 g/mol. The van der Waals surface area contributed by atoms with Crippen LogP contribution >= 0.6 is 11.6 Å². The van der Waals surface area contributed by atoms with Gasteiger partial charge in [-0.3, -0.25) is 10.2 Å². The van der Waals surface area contributed by atoms with Crippen LogP contribution < -0.4 is 10.2 Å². The van der Waals surface area contributed by atoms with Gasteiger partial charge < -0.3 is 19.1 Å². The van der Waals surface area contributed by atoms with Crippen molar-refractivity contribution in [1.82, 2.24) is 15.6 Å². The van der Waals surface area contributed by atoms with E-state index in [9.17, 15) is 14.7 Å². The molecular formula is C23H24ClN3O6. The minimum atomic E-state index is -1.46. The van der Waals surface area contributed by atoms with Crippen LogP contribution in [0.2, 0.25) is 5.02 Å². The Morgan fingerprint density at radius 2 is 1.94 bits per heavy atom. The van der Waals surface area contributed by atoms with Gasteiger partial charge in [-0.05, 0) is 40.9 Å². The number of amides is 1. The third kappa shape index (κ3) is 6.79. The van der Waals surface area contributed by atoms with E-state index in [1.807, 2.05) is 42.5 Å². The van der Waals surface area contributed by atoms with Crippen molar-refractivity contribution in [2.24, 2.45) is 0 Å². The Balaban J connectivity index is 1.74. The highest BCUT2D eigenvalue weighted by atomic mass is 35.5. The second kappa shape index (κ2) is 11.5. The summed E-state index contributed by atoms with van der Waals surface area (Å²) in [7, 11) is 1.40. The van der Waals surface area contributed by atoms with Crippen molar-refractivity contribution < 1.29 is 28.7 Å². The first-order chi connectivity index (χ1) is 15.9. The number of benzene rings is 2. The molecule has 3 aromatic rings. The zero-order valence-electron chi connectivity index (χ0n) is 18.2. The number of halogens is 1. The summed E-state index contributed by atoms with van der Waals surface area (Å²) in [6, 6.07) is 16.4. The van der Waals surface area contributed by atoms with Gasteiger partial charge in [-0.15, -0.1) is 0 Å². The Kier molecular flexibility index (Phi) is 8.42. The topological polar surface area (TPSA) is 114 Å². The zero-order chi connectivity index (χ0) is 23.8. The Bertz CT molecular complexity index is 1090. The molecule has 2 aromatic carbocycles. The lowest BCUT2D eigenvalue weighted by Gasteiger charge is -2.24. The van der Waals surface area contributed by atoms with Crippen LogP contribution in [0.1, 0.15) is 23.0 Å². The molecule has 10 heteroatoms. The maximum atomic E-state index is 12.6. The molecule has 3 rings (SSSR count). The molecule has 1 atom stereocenters. The molecule has 0 saturated heterocycles. The number of hydrogen-bond acceptors (Lipinski definition) is 8. The molecule has 0 aliphatic carbocycles. The number of aliphatic hydroxyl groups is 1. The first-order valence-corrected chi connectivity index (χ1v) is 10.5. The maximum absolute atomic E-state index is 12.6. The summed E-state index contributed by atoms with van der Waals surface area (Å²) in [5.41, 5.74) is 5.39. The average molecular weight is 474 g/mol. The van der Waals surface area contributed by atoms with Crippen molar-refractivity contribution in [1.29, 1.82) is 0 Å². The quantitative estimate of drug-likeness (QED) is 0.341. The van der Waals surface area contributed by atoms with E-state index in [1.54, 1.807) is 13.0 Å². The van der Waals surface area contributed by atoms with Crippen LogP contribution in [0.25, 0.3) is 11.1 Å². The molecule has 1 unspecified atom stereocenters. The van der Waals surface area contributed by atoms with E-state index >= 15 is 0 Å². The van der Waals surface area contributed by atoms with Crippen molar-refractivity contribution in [2.75, 3.05) is 20.3 Å². The molecule has 2 N–H and O–H groups in total. The SMILES string of the molecule is CCOC(=O)C(O)CN(Cc1ccc(-c2cccc(Cl)c2)cc1)NC(=O)c1cc(OC)no1. The minimum absolute atomic E-state index is 0.0845. The van der Waals surface area contributed by atoms with Gasteiger partial charge in [0.1, 0.15) is 0 Å². The van der Waals surface area contributed by atoms with Gasteiger partial charge in [0.15, 0.2) is 6.10 Å². The molecule has 0 aliphatic rings. The van der Waals surface area contributed by atoms with Gasteiger partial charge in [0.25, 0.3) is 5.88 Å². The van der Waals surface area contributed by atoms with Crippen LogP contribution in [0.4, 0.5) is 0 Å². The maximum Gasteiger partial charge on any atom is 0.336 e. The number of nitrogens with one attached hydrogen (secondary N) is 1. The average Bonchev–Trinajstić information content (AvgIpc) is 3.29. The van der Waals surface area contributed by atoms with Gasteiger partial charge in [-0.1, -0.05) is 48.0 Å². The summed E-state index contributed by atoms with van der Waals surface area (Å²) in [6.07, 6.45) is -1.46.